The van der Waals surface area contributed by atoms with Crippen LogP contribution in [0.1, 0.15) is 16.1 Å². The molecule has 1 N–H and O–H groups in total. The van der Waals surface area contributed by atoms with E-state index in [1.807, 2.05) is 36.4 Å². The Balaban J connectivity index is 1.49. The number of amides is 2. The van der Waals surface area contributed by atoms with Gasteiger partial charge in [-0.15, -0.1) is 0 Å². The van der Waals surface area contributed by atoms with Gasteiger partial charge in [-0.3, -0.25) is 9.59 Å². The summed E-state index contributed by atoms with van der Waals surface area (Å²) >= 11 is 0. The van der Waals surface area contributed by atoms with Crippen LogP contribution in [0.5, 0.6) is 0 Å². The van der Waals surface area contributed by atoms with Gasteiger partial charge >= 0.3 is 0 Å². The van der Waals surface area contributed by atoms with E-state index < -0.39 is 0 Å². The second-order valence-corrected chi connectivity index (χ2v) is 6.02. The second kappa shape index (κ2) is 8.28. The highest BCUT2D eigenvalue weighted by Gasteiger charge is 2.16. The van der Waals surface area contributed by atoms with Crippen molar-refractivity contribution in [3.05, 3.63) is 59.9 Å². The molecule has 6 heteroatoms. The lowest BCUT2D eigenvalue weighted by molar-refractivity contribution is -0.118. The molecule has 0 bridgehead atoms. The Kier molecular flexibility index (Phi) is 5.61. The molecule has 2 amide bonds. The van der Waals surface area contributed by atoms with Crippen molar-refractivity contribution in [2.75, 3.05) is 37.6 Å². The number of rotatable bonds is 6. The predicted octanol–water partition coefficient (Wildman–Crippen LogP) is 1.33. The minimum Gasteiger partial charge on any atom is -0.367 e. The molecule has 0 unspecified atom stereocenters. The van der Waals surface area contributed by atoms with E-state index in [0.29, 0.717) is 25.3 Å². The number of aromatic nitrogens is 1. The maximum atomic E-state index is 12.2. The highest BCUT2D eigenvalue weighted by molar-refractivity contribution is 5.92. The molecule has 3 rings (SSSR count). The lowest BCUT2D eigenvalue weighted by atomic mass is 10.1. The third-order valence-electron chi connectivity index (χ3n) is 4.35. The van der Waals surface area contributed by atoms with Crippen molar-refractivity contribution >= 4 is 18.0 Å². The van der Waals surface area contributed by atoms with Gasteiger partial charge in [0.2, 0.25) is 6.41 Å². The maximum Gasteiger partial charge on any atom is 0.269 e. The molecule has 6 nitrogen and oxygen atoms in total. The fourth-order valence-corrected chi connectivity index (χ4v) is 2.85. The number of nitrogens with zero attached hydrogens (tertiary/aromatic N) is 3. The van der Waals surface area contributed by atoms with E-state index >= 15 is 0 Å². The van der Waals surface area contributed by atoms with Crippen LogP contribution in [0.4, 0.5) is 5.69 Å². The number of carbonyl (C=O) groups excluding carboxylic acids is 2. The van der Waals surface area contributed by atoms with Crippen LogP contribution in [-0.4, -0.2) is 54.9 Å². The highest BCUT2D eigenvalue weighted by Crippen LogP contribution is 2.15. The first-order valence-corrected chi connectivity index (χ1v) is 8.49. The Bertz CT molecular complexity index is 695. The molecule has 0 radical (unpaired) electrons. The van der Waals surface area contributed by atoms with E-state index in [1.165, 1.54) is 5.56 Å². The number of benzene rings is 1. The quantitative estimate of drug-likeness (QED) is 0.807. The summed E-state index contributed by atoms with van der Waals surface area (Å²) in [5, 5.41) is 2.90. The molecule has 1 aliphatic heterocycles. The largest absolute Gasteiger partial charge is 0.367 e. The number of pyridine rings is 1. The standard InChI is InChI=1S/C19H22N4O2/c24-15-22-10-12-23(13-11-22)17-6-7-18(21-14-17)19(25)20-9-8-16-4-2-1-3-5-16/h1-7,14-15H,8-13H2,(H,20,25). The molecule has 1 saturated heterocycles. The summed E-state index contributed by atoms with van der Waals surface area (Å²) in [5.41, 5.74) is 2.59. The SMILES string of the molecule is O=CN1CCN(c2ccc(C(=O)NCCc3ccccc3)nc2)CC1. The number of hydrogen-bond acceptors (Lipinski definition) is 4. The topological polar surface area (TPSA) is 65.5 Å². The summed E-state index contributed by atoms with van der Waals surface area (Å²) in [6, 6.07) is 13.7. The molecule has 2 heterocycles. The molecule has 130 valence electrons. The number of nitrogens with one attached hydrogen (secondary N) is 1. The molecule has 1 aliphatic rings. The normalized spacial score (nSPS) is 14.2. The zero-order chi connectivity index (χ0) is 17.5. The molecular formula is C19H22N4O2. The molecule has 1 aromatic heterocycles. The van der Waals surface area contributed by atoms with E-state index in [2.05, 4.69) is 15.2 Å². The first-order valence-electron chi connectivity index (χ1n) is 8.49. The van der Waals surface area contributed by atoms with Crippen molar-refractivity contribution in [1.29, 1.82) is 0 Å². The average molecular weight is 338 g/mol. The third-order valence-corrected chi connectivity index (χ3v) is 4.35. The molecular weight excluding hydrogens is 316 g/mol. The Morgan fingerprint density at radius 2 is 1.84 bits per heavy atom. The van der Waals surface area contributed by atoms with Crippen molar-refractivity contribution in [2.24, 2.45) is 0 Å². The molecule has 0 aliphatic carbocycles. The molecule has 1 fully saturated rings. The number of hydrogen-bond donors (Lipinski definition) is 1. The molecule has 1 aromatic carbocycles. The van der Waals surface area contributed by atoms with Crippen LogP contribution in [0, 0.1) is 0 Å². The van der Waals surface area contributed by atoms with E-state index in [4.69, 9.17) is 0 Å². The molecule has 0 saturated carbocycles. The Hall–Kier alpha value is -2.89. The number of piperazine rings is 1. The Labute approximate surface area is 147 Å². The zero-order valence-corrected chi connectivity index (χ0v) is 14.1. The monoisotopic (exact) mass is 338 g/mol. The van der Waals surface area contributed by atoms with Crippen LogP contribution in [0.3, 0.4) is 0 Å². The average Bonchev–Trinajstić information content (AvgIpc) is 2.69. The van der Waals surface area contributed by atoms with E-state index in [1.54, 1.807) is 17.2 Å². The summed E-state index contributed by atoms with van der Waals surface area (Å²) < 4.78 is 0. The Morgan fingerprint density at radius 1 is 1.08 bits per heavy atom. The first kappa shape index (κ1) is 17.0. The lowest BCUT2D eigenvalue weighted by Crippen LogP contribution is -2.45. The minimum atomic E-state index is -0.159. The van der Waals surface area contributed by atoms with Crippen LogP contribution in [-0.2, 0) is 11.2 Å². The van der Waals surface area contributed by atoms with Gasteiger partial charge in [-0.1, -0.05) is 30.3 Å². The van der Waals surface area contributed by atoms with Crippen LogP contribution < -0.4 is 10.2 Å². The van der Waals surface area contributed by atoms with Gasteiger partial charge in [0, 0.05) is 32.7 Å². The molecule has 0 atom stereocenters. The van der Waals surface area contributed by atoms with Gasteiger partial charge in [0.1, 0.15) is 5.69 Å². The summed E-state index contributed by atoms with van der Waals surface area (Å²) in [6.07, 6.45) is 3.41. The van der Waals surface area contributed by atoms with Gasteiger partial charge in [-0.25, -0.2) is 4.98 Å². The van der Waals surface area contributed by atoms with Crippen molar-refractivity contribution in [3.63, 3.8) is 0 Å². The maximum absolute atomic E-state index is 12.2. The number of carbonyl (C=O) groups is 2. The molecule has 0 spiro atoms. The zero-order valence-electron chi connectivity index (χ0n) is 14.1. The second-order valence-electron chi connectivity index (χ2n) is 6.02. The summed E-state index contributed by atoms with van der Waals surface area (Å²) in [5.74, 6) is -0.159. The summed E-state index contributed by atoms with van der Waals surface area (Å²) in [4.78, 5) is 31.1. The molecule has 25 heavy (non-hydrogen) atoms. The van der Waals surface area contributed by atoms with Gasteiger partial charge in [-0.05, 0) is 24.1 Å². The van der Waals surface area contributed by atoms with Crippen molar-refractivity contribution < 1.29 is 9.59 Å². The Morgan fingerprint density at radius 3 is 2.48 bits per heavy atom. The minimum absolute atomic E-state index is 0.159. The smallest absolute Gasteiger partial charge is 0.269 e. The first-order chi connectivity index (χ1) is 12.3. The lowest BCUT2D eigenvalue weighted by Gasteiger charge is -2.33. The fourth-order valence-electron chi connectivity index (χ4n) is 2.85. The third kappa shape index (κ3) is 4.56. The molecule has 2 aromatic rings. The van der Waals surface area contributed by atoms with Crippen LogP contribution in [0.2, 0.25) is 0 Å². The van der Waals surface area contributed by atoms with Crippen molar-refractivity contribution in [2.45, 2.75) is 6.42 Å². The van der Waals surface area contributed by atoms with Crippen LogP contribution in [0.25, 0.3) is 0 Å². The summed E-state index contributed by atoms with van der Waals surface area (Å²) in [6.45, 7) is 3.57. The van der Waals surface area contributed by atoms with Gasteiger partial charge in [0.15, 0.2) is 0 Å². The van der Waals surface area contributed by atoms with E-state index in [-0.39, 0.29) is 5.91 Å². The summed E-state index contributed by atoms with van der Waals surface area (Å²) in [7, 11) is 0. The van der Waals surface area contributed by atoms with Gasteiger partial charge in [0.05, 0.1) is 11.9 Å². The van der Waals surface area contributed by atoms with Crippen molar-refractivity contribution in [1.82, 2.24) is 15.2 Å². The van der Waals surface area contributed by atoms with E-state index in [0.717, 1.165) is 31.6 Å². The van der Waals surface area contributed by atoms with E-state index in [9.17, 15) is 9.59 Å². The van der Waals surface area contributed by atoms with Gasteiger partial charge < -0.3 is 15.1 Å². The predicted molar refractivity (Wildman–Crippen MR) is 96.6 cm³/mol. The fraction of sp³-hybridized carbons (Fsp3) is 0.316. The number of anilines is 1. The van der Waals surface area contributed by atoms with Crippen LogP contribution in [0.15, 0.2) is 48.7 Å². The van der Waals surface area contributed by atoms with Gasteiger partial charge in [-0.2, -0.15) is 0 Å². The highest BCUT2D eigenvalue weighted by atomic mass is 16.2. The van der Waals surface area contributed by atoms with Gasteiger partial charge in [0.25, 0.3) is 5.91 Å². The van der Waals surface area contributed by atoms with Crippen molar-refractivity contribution in [3.8, 4) is 0 Å². The van der Waals surface area contributed by atoms with Crippen LogP contribution >= 0.6 is 0 Å².